The summed E-state index contributed by atoms with van der Waals surface area (Å²) in [5.74, 6) is 0. The maximum Gasteiger partial charge on any atom is 0.0837 e. The summed E-state index contributed by atoms with van der Waals surface area (Å²) in [6.45, 7) is 2.58. The van der Waals surface area contributed by atoms with E-state index in [-0.39, 0.29) is 0 Å². The molecule has 0 amide bonds. The van der Waals surface area contributed by atoms with Crippen LogP contribution in [0.4, 0.5) is 0 Å². The zero-order chi connectivity index (χ0) is 5.70. The van der Waals surface area contributed by atoms with Crippen LogP contribution in [0.3, 0.4) is 0 Å². The van der Waals surface area contributed by atoms with Crippen LogP contribution < -0.4 is 0 Å². The molecule has 0 saturated carbocycles. The topological polar surface area (TPSA) is 21.6 Å². The highest BCUT2D eigenvalue weighted by atomic mass is 16.5. The summed E-state index contributed by atoms with van der Waals surface area (Å²) in [6, 6.07) is 0. The largest absolute Gasteiger partial charge is 0.379 e. The van der Waals surface area contributed by atoms with Crippen molar-refractivity contribution in [2.45, 2.75) is 6.92 Å². The van der Waals surface area contributed by atoms with Crippen LogP contribution >= 0.6 is 0 Å². The normalized spacial score (nSPS) is 12.1. The molecule has 0 aliphatic heterocycles. The molecule has 0 aliphatic rings. The van der Waals surface area contributed by atoms with Crippen molar-refractivity contribution in [1.82, 2.24) is 0 Å². The Bertz CT molecular complexity index is 68.5. The second kappa shape index (κ2) is 3.81. The summed E-state index contributed by atoms with van der Waals surface area (Å²) >= 11 is 0. The summed E-state index contributed by atoms with van der Waals surface area (Å²) in [7, 11) is 3.42. The number of aliphatic imine (C=N–C) groups is 1. The Morgan fingerprint density at radius 1 is 1.71 bits per heavy atom. The third-order valence-corrected chi connectivity index (χ3v) is 0.735. The number of rotatable bonds is 2. The SMILES string of the molecule is CN=C(C)COC. The van der Waals surface area contributed by atoms with Gasteiger partial charge in [-0.05, 0) is 6.92 Å². The molecule has 0 bridgehead atoms. The first-order chi connectivity index (χ1) is 3.31. The molecule has 2 nitrogen and oxygen atoms in total. The standard InChI is InChI=1S/C5H11NO/c1-5(6-2)4-7-3/h4H2,1-3H3. The van der Waals surface area contributed by atoms with E-state index in [4.69, 9.17) is 4.74 Å². The lowest BCUT2D eigenvalue weighted by molar-refractivity contribution is 0.245. The molecule has 0 atom stereocenters. The number of methoxy groups -OCH3 is 1. The average Bonchev–Trinajstić information content (AvgIpc) is 1.68. The Labute approximate surface area is 44.2 Å². The van der Waals surface area contributed by atoms with Crippen LogP contribution in [0.1, 0.15) is 6.92 Å². The van der Waals surface area contributed by atoms with Gasteiger partial charge in [0.2, 0.25) is 0 Å². The quantitative estimate of drug-likeness (QED) is 0.470. The Morgan fingerprint density at radius 3 is 2.43 bits per heavy atom. The predicted octanol–water partition coefficient (Wildman–Crippen LogP) is 0.724. The molecule has 0 aromatic carbocycles. The summed E-state index contributed by atoms with van der Waals surface area (Å²) in [5, 5.41) is 0. The summed E-state index contributed by atoms with van der Waals surface area (Å²) in [4.78, 5) is 3.87. The molecule has 0 rings (SSSR count). The minimum atomic E-state index is 0.649. The Hall–Kier alpha value is -0.370. The van der Waals surface area contributed by atoms with Gasteiger partial charge >= 0.3 is 0 Å². The van der Waals surface area contributed by atoms with Crippen molar-refractivity contribution in [3.8, 4) is 0 Å². The van der Waals surface area contributed by atoms with E-state index in [1.165, 1.54) is 0 Å². The molecule has 0 N–H and O–H groups in total. The first-order valence-corrected chi connectivity index (χ1v) is 2.22. The Morgan fingerprint density at radius 2 is 2.29 bits per heavy atom. The molecule has 0 heterocycles. The van der Waals surface area contributed by atoms with Gasteiger partial charge in [-0.1, -0.05) is 0 Å². The van der Waals surface area contributed by atoms with E-state index in [0.29, 0.717) is 6.61 Å². The van der Waals surface area contributed by atoms with Crippen LogP contribution in [0.15, 0.2) is 4.99 Å². The van der Waals surface area contributed by atoms with Gasteiger partial charge in [-0.2, -0.15) is 0 Å². The van der Waals surface area contributed by atoms with E-state index >= 15 is 0 Å². The summed E-state index contributed by atoms with van der Waals surface area (Å²) < 4.78 is 4.76. The van der Waals surface area contributed by atoms with E-state index in [2.05, 4.69) is 4.99 Å². The van der Waals surface area contributed by atoms with Crippen LogP contribution in [0.5, 0.6) is 0 Å². The Balaban J connectivity index is 3.17. The molecule has 42 valence electrons. The van der Waals surface area contributed by atoms with Gasteiger partial charge in [0.25, 0.3) is 0 Å². The maximum atomic E-state index is 4.76. The number of hydrogen-bond acceptors (Lipinski definition) is 2. The van der Waals surface area contributed by atoms with E-state index in [9.17, 15) is 0 Å². The Kier molecular flexibility index (Phi) is 3.61. The molecule has 0 saturated heterocycles. The van der Waals surface area contributed by atoms with Crippen molar-refractivity contribution in [3.05, 3.63) is 0 Å². The fourth-order valence-corrected chi connectivity index (χ4v) is 0.273. The van der Waals surface area contributed by atoms with E-state index < -0.39 is 0 Å². The molecule has 0 unspecified atom stereocenters. The van der Waals surface area contributed by atoms with Crippen molar-refractivity contribution < 1.29 is 4.74 Å². The van der Waals surface area contributed by atoms with Gasteiger partial charge in [-0.3, -0.25) is 4.99 Å². The molecule has 0 fully saturated rings. The van der Waals surface area contributed by atoms with Gasteiger partial charge in [-0.25, -0.2) is 0 Å². The molecule has 0 aromatic rings. The highest BCUT2D eigenvalue weighted by Gasteiger charge is 1.81. The lowest BCUT2D eigenvalue weighted by atomic mass is 10.5. The summed E-state index contributed by atoms with van der Waals surface area (Å²) in [6.07, 6.45) is 0. The number of ether oxygens (including phenoxy) is 1. The first-order valence-electron chi connectivity index (χ1n) is 2.22. The minimum Gasteiger partial charge on any atom is -0.379 e. The van der Waals surface area contributed by atoms with Gasteiger partial charge in [0.05, 0.1) is 6.61 Å². The second-order valence-corrected chi connectivity index (χ2v) is 1.39. The van der Waals surface area contributed by atoms with Crippen molar-refractivity contribution in [3.63, 3.8) is 0 Å². The highest BCUT2D eigenvalue weighted by Crippen LogP contribution is 1.73. The van der Waals surface area contributed by atoms with E-state index in [1.54, 1.807) is 14.2 Å². The van der Waals surface area contributed by atoms with Crippen LogP contribution in [0, 0.1) is 0 Å². The van der Waals surface area contributed by atoms with Crippen LogP contribution in [-0.4, -0.2) is 26.5 Å². The van der Waals surface area contributed by atoms with Gasteiger partial charge in [-0.15, -0.1) is 0 Å². The zero-order valence-electron chi connectivity index (χ0n) is 5.06. The van der Waals surface area contributed by atoms with Crippen molar-refractivity contribution in [1.29, 1.82) is 0 Å². The molecular formula is C5H11NO. The lowest BCUT2D eigenvalue weighted by Crippen LogP contribution is -1.99. The van der Waals surface area contributed by atoms with Crippen molar-refractivity contribution >= 4 is 5.71 Å². The van der Waals surface area contributed by atoms with E-state index in [0.717, 1.165) is 5.71 Å². The fraction of sp³-hybridized carbons (Fsp3) is 0.800. The van der Waals surface area contributed by atoms with Crippen LogP contribution in [-0.2, 0) is 4.74 Å². The number of hydrogen-bond donors (Lipinski definition) is 0. The molecule has 0 aromatic heterocycles. The first kappa shape index (κ1) is 6.63. The van der Waals surface area contributed by atoms with Crippen LogP contribution in [0.25, 0.3) is 0 Å². The number of nitrogens with zero attached hydrogens (tertiary/aromatic N) is 1. The van der Waals surface area contributed by atoms with Gasteiger partial charge in [0, 0.05) is 19.9 Å². The van der Waals surface area contributed by atoms with Crippen molar-refractivity contribution in [2.75, 3.05) is 20.8 Å². The molecule has 7 heavy (non-hydrogen) atoms. The smallest absolute Gasteiger partial charge is 0.0837 e. The van der Waals surface area contributed by atoms with E-state index in [1.807, 2.05) is 6.92 Å². The van der Waals surface area contributed by atoms with Gasteiger partial charge < -0.3 is 4.74 Å². The molecule has 0 radical (unpaired) electrons. The highest BCUT2D eigenvalue weighted by molar-refractivity contribution is 5.82. The maximum absolute atomic E-state index is 4.76. The van der Waals surface area contributed by atoms with Crippen LogP contribution in [0.2, 0.25) is 0 Å². The molecule has 2 heteroatoms. The third kappa shape index (κ3) is 3.46. The molecule has 0 aliphatic carbocycles. The van der Waals surface area contributed by atoms with Gasteiger partial charge in [0.1, 0.15) is 0 Å². The monoisotopic (exact) mass is 101 g/mol. The fourth-order valence-electron chi connectivity index (χ4n) is 0.273. The van der Waals surface area contributed by atoms with Gasteiger partial charge in [0.15, 0.2) is 0 Å². The lowest BCUT2D eigenvalue weighted by Gasteiger charge is -1.92. The average molecular weight is 101 g/mol. The minimum absolute atomic E-state index is 0.649. The zero-order valence-corrected chi connectivity index (χ0v) is 5.06. The van der Waals surface area contributed by atoms with Crippen molar-refractivity contribution in [2.24, 2.45) is 4.99 Å². The molecule has 0 spiro atoms. The third-order valence-electron chi connectivity index (χ3n) is 0.735. The second-order valence-electron chi connectivity index (χ2n) is 1.39. The predicted molar refractivity (Wildman–Crippen MR) is 30.9 cm³/mol. The summed E-state index contributed by atoms with van der Waals surface area (Å²) in [5.41, 5.74) is 1.03. The molecular weight excluding hydrogens is 90.1 g/mol.